The molecule has 0 aliphatic carbocycles. The summed E-state index contributed by atoms with van der Waals surface area (Å²) in [4.78, 5) is 14.1. The van der Waals surface area contributed by atoms with E-state index in [4.69, 9.17) is 21.0 Å². The van der Waals surface area contributed by atoms with Gasteiger partial charge in [0.15, 0.2) is 5.76 Å². The second kappa shape index (κ2) is 8.19. The maximum atomic E-state index is 12.4. The molecule has 2 aliphatic rings. The van der Waals surface area contributed by atoms with Crippen LogP contribution in [0, 0.1) is 12.3 Å². The lowest BCUT2D eigenvalue weighted by Crippen LogP contribution is -2.29. The molecule has 0 bridgehead atoms. The first-order valence-corrected chi connectivity index (χ1v) is 8.68. The Balaban J connectivity index is 1.73. The van der Waals surface area contributed by atoms with Crippen LogP contribution < -0.4 is 0 Å². The number of hydrogen-bond acceptors (Lipinski definition) is 4. The number of allylic oxidation sites excluding steroid dienone is 1. The van der Waals surface area contributed by atoms with Crippen molar-refractivity contribution in [2.24, 2.45) is 0 Å². The summed E-state index contributed by atoms with van der Waals surface area (Å²) < 4.78 is 11.6. The third-order valence-corrected chi connectivity index (χ3v) is 4.36. The van der Waals surface area contributed by atoms with Crippen LogP contribution in [0.2, 0.25) is 0 Å². The fourth-order valence-electron chi connectivity index (χ4n) is 2.81. The highest BCUT2D eigenvalue weighted by Crippen LogP contribution is 2.32. The van der Waals surface area contributed by atoms with E-state index in [0.717, 1.165) is 30.6 Å². The molecule has 1 amide bonds. The predicted octanol–water partition coefficient (Wildman–Crippen LogP) is 2.01. The van der Waals surface area contributed by atoms with Crippen LogP contribution in [-0.2, 0) is 14.3 Å². The minimum absolute atomic E-state index is 0.0438. The Morgan fingerprint density at radius 2 is 2.08 bits per heavy atom. The van der Waals surface area contributed by atoms with Crippen LogP contribution in [-0.4, -0.2) is 48.5 Å². The van der Waals surface area contributed by atoms with Crippen molar-refractivity contribution in [3.63, 3.8) is 0 Å². The number of amides is 1. The van der Waals surface area contributed by atoms with Crippen LogP contribution in [0.1, 0.15) is 36.3 Å². The first kappa shape index (κ1) is 17.5. The molecule has 0 unspecified atom stereocenters. The number of aliphatic hydroxyl groups is 1. The Morgan fingerprint density at radius 1 is 1.32 bits per heavy atom. The van der Waals surface area contributed by atoms with E-state index in [-0.39, 0.29) is 18.4 Å². The van der Waals surface area contributed by atoms with Crippen LogP contribution in [0.5, 0.6) is 0 Å². The van der Waals surface area contributed by atoms with E-state index in [9.17, 15) is 4.79 Å². The number of hydrogen-bond donors (Lipinski definition) is 1. The number of unbranched alkanes of at least 4 members (excludes halogenated alkanes) is 1. The highest BCUT2D eigenvalue weighted by Gasteiger charge is 2.34. The molecular weight excluding hydrogens is 318 g/mol. The minimum Gasteiger partial charge on any atom is -0.459 e. The molecule has 2 atom stereocenters. The maximum Gasteiger partial charge on any atom is 0.288 e. The smallest absolute Gasteiger partial charge is 0.288 e. The third kappa shape index (κ3) is 4.62. The molecule has 0 spiro atoms. The summed E-state index contributed by atoms with van der Waals surface area (Å²) in [7, 11) is 0. The molecular formula is C20H23NO4. The Bertz CT molecular complexity index is 670. The van der Waals surface area contributed by atoms with Gasteiger partial charge in [-0.3, -0.25) is 4.79 Å². The summed E-state index contributed by atoms with van der Waals surface area (Å²) in [6.45, 7) is 2.21. The molecule has 25 heavy (non-hydrogen) atoms. The van der Waals surface area contributed by atoms with E-state index >= 15 is 0 Å². The molecule has 3 rings (SSSR count). The molecule has 2 aliphatic heterocycles. The molecule has 1 fully saturated rings. The average molecular weight is 341 g/mol. The highest BCUT2D eigenvalue weighted by atomic mass is 16.7. The van der Waals surface area contributed by atoms with Gasteiger partial charge in [-0.2, -0.15) is 0 Å². The van der Waals surface area contributed by atoms with Gasteiger partial charge < -0.3 is 19.5 Å². The molecule has 1 aromatic rings. The van der Waals surface area contributed by atoms with Crippen molar-refractivity contribution in [2.75, 3.05) is 26.3 Å². The van der Waals surface area contributed by atoms with Gasteiger partial charge in [0.25, 0.3) is 5.91 Å². The quantitative estimate of drug-likeness (QED) is 0.468. The van der Waals surface area contributed by atoms with Crippen LogP contribution >= 0.6 is 0 Å². The van der Waals surface area contributed by atoms with Gasteiger partial charge in [0.2, 0.25) is 6.29 Å². The second-order valence-electron chi connectivity index (χ2n) is 6.28. The normalized spacial score (nSPS) is 21.9. The zero-order valence-electron chi connectivity index (χ0n) is 14.2. The van der Waals surface area contributed by atoms with Gasteiger partial charge in [-0.05, 0) is 36.6 Å². The number of nitrogens with zero attached hydrogens (tertiary/aromatic N) is 1. The number of rotatable bonds is 7. The number of terminal acetylenes is 1. The van der Waals surface area contributed by atoms with Gasteiger partial charge >= 0.3 is 0 Å². The molecule has 0 saturated carbocycles. The van der Waals surface area contributed by atoms with Crippen molar-refractivity contribution in [3.8, 4) is 12.3 Å². The van der Waals surface area contributed by atoms with E-state index < -0.39 is 6.29 Å². The van der Waals surface area contributed by atoms with Crippen LogP contribution in [0.4, 0.5) is 0 Å². The average Bonchev–Trinajstić information content (AvgIpc) is 3.50. The van der Waals surface area contributed by atoms with Crippen LogP contribution in [0.3, 0.4) is 0 Å². The Morgan fingerprint density at radius 3 is 2.72 bits per heavy atom. The van der Waals surface area contributed by atoms with Gasteiger partial charge in [0.1, 0.15) is 0 Å². The first-order valence-electron chi connectivity index (χ1n) is 8.68. The molecule has 0 radical (unpaired) electrons. The number of carbonyl (C=O) groups is 1. The lowest BCUT2D eigenvalue weighted by molar-refractivity contribution is -0.149. The zero-order chi connectivity index (χ0) is 17.6. The summed E-state index contributed by atoms with van der Waals surface area (Å²) >= 11 is 0. The largest absolute Gasteiger partial charge is 0.459 e. The van der Waals surface area contributed by atoms with E-state index in [1.165, 1.54) is 0 Å². The monoisotopic (exact) mass is 341 g/mol. The van der Waals surface area contributed by atoms with Gasteiger partial charge in [-0.25, -0.2) is 0 Å². The number of aliphatic hydroxyl groups excluding tert-OH is 1. The lowest BCUT2D eigenvalue weighted by Gasteiger charge is -2.29. The second-order valence-corrected chi connectivity index (χ2v) is 6.28. The SMILES string of the molecule is C#Cc1ccc([C@@H]2C=C(C(=O)N3CC3)O[C@H](OCCCCO)C2)cc1. The standard InChI is InChI=1S/C20H23NO4/c1-2-15-5-7-16(8-6-15)17-13-18(20(23)21-9-10-21)25-19(14-17)24-12-4-3-11-22/h1,5-8,13,17,19,22H,3-4,9-12,14H2/t17-,19+/m1/s1. The van der Waals surface area contributed by atoms with Gasteiger partial charge in [0.05, 0.1) is 6.61 Å². The molecule has 5 nitrogen and oxygen atoms in total. The number of carbonyl (C=O) groups excluding carboxylic acids is 1. The molecule has 1 aromatic carbocycles. The first-order chi connectivity index (χ1) is 12.2. The van der Waals surface area contributed by atoms with Crippen LogP contribution in [0.25, 0.3) is 0 Å². The Labute approximate surface area is 148 Å². The van der Waals surface area contributed by atoms with E-state index in [0.29, 0.717) is 25.2 Å². The van der Waals surface area contributed by atoms with Crippen molar-refractivity contribution in [3.05, 3.63) is 47.2 Å². The summed E-state index contributed by atoms with van der Waals surface area (Å²) in [6.07, 6.45) is 8.94. The fraction of sp³-hybridized carbons (Fsp3) is 0.450. The zero-order valence-corrected chi connectivity index (χ0v) is 14.2. The fourth-order valence-corrected chi connectivity index (χ4v) is 2.81. The van der Waals surface area contributed by atoms with Crippen molar-refractivity contribution >= 4 is 5.91 Å². The number of ether oxygens (including phenoxy) is 2. The predicted molar refractivity (Wildman–Crippen MR) is 93.5 cm³/mol. The van der Waals surface area contributed by atoms with Gasteiger partial charge in [-0.15, -0.1) is 6.42 Å². The summed E-state index contributed by atoms with van der Waals surface area (Å²) in [5, 5.41) is 8.86. The van der Waals surface area contributed by atoms with E-state index in [1.807, 2.05) is 30.3 Å². The summed E-state index contributed by atoms with van der Waals surface area (Å²) in [5.74, 6) is 2.94. The maximum absolute atomic E-state index is 12.4. The summed E-state index contributed by atoms with van der Waals surface area (Å²) in [5.41, 5.74) is 1.92. The highest BCUT2D eigenvalue weighted by molar-refractivity contribution is 5.93. The molecule has 1 saturated heterocycles. The Kier molecular flexibility index (Phi) is 5.75. The van der Waals surface area contributed by atoms with Gasteiger partial charge in [-0.1, -0.05) is 18.1 Å². The molecule has 0 aromatic heterocycles. The van der Waals surface area contributed by atoms with Gasteiger partial charge in [0, 0.05) is 37.6 Å². The number of benzene rings is 1. The van der Waals surface area contributed by atoms with Crippen molar-refractivity contribution in [1.82, 2.24) is 4.90 Å². The molecule has 2 heterocycles. The van der Waals surface area contributed by atoms with Crippen LogP contribution in [0.15, 0.2) is 36.1 Å². The van der Waals surface area contributed by atoms with Crippen molar-refractivity contribution < 1.29 is 19.4 Å². The van der Waals surface area contributed by atoms with Crippen molar-refractivity contribution in [1.29, 1.82) is 0 Å². The third-order valence-electron chi connectivity index (χ3n) is 4.36. The molecule has 1 N–H and O–H groups in total. The molecule has 5 heteroatoms. The van der Waals surface area contributed by atoms with Crippen molar-refractivity contribution in [2.45, 2.75) is 31.5 Å². The summed E-state index contributed by atoms with van der Waals surface area (Å²) in [6, 6.07) is 7.79. The van der Waals surface area contributed by atoms with E-state index in [1.54, 1.807) is 4.90 Å². The topological polar surface area (TPSA) is 58.8 Å². The Hall–Kier alpha value is -2.29. The minimum atomic E-state index is -0.458. The lowest BCUT2D eigenvalue weighted by atomic mass is 9.92. The van der Waals surface area contributed by atoms with E-state index in [2.05, 4.69) is 5.92 Å². The molecule has 132 valence electrons.